The fourth-order valence-corrected chi connectivity index (χ4v) is 10.9. The van der Waals surface area contributed by atoms with Crippen LogP contribution in [-0.4, -0.2) is 45.6 Å². The number of hydrogen-bond acceptors (Lipinski definition) is 5. The van der Waals surface area contributed by atoms with E-state index < -0.39 is 41.2 Å². The van der Waals surface area contributed by atoms with Gasteiger partial charge < -0.3 is 20.1 Å². The molecule has 0 aliphatic heterocycles. The number of carbonyl (C=O) groups excluding carboxylic acids is 1. The molecule has 4 aliphatic carbocycles. The van der Waals surface area contributed by atoms with Gasteiger partial charge >= 0.3 is 11.9 Å². The highest BCUT2D eigenvalue weighted by Crippen LogP contribution is 2.74. The Morgan fingerprint density at radius 1 is 0.933 bits per heavy atom. The van der Waals surface area contributed by atoms with Crippen molar-refractivity contribution in [3.05, 3.63) is 52.1 Å². The third-order valence-corrected chi connectivity index (χ3v) is 13.1. The Labute approximate surface area is 265 Å². The molecule has 4 aliphatic rings. The summed E-state index contributed by atoms with van der Waals surface area (Å²) in [6.45, 7) is 13.9. The van der Waals surface area contributed by atoms with Crippen LogP contribution < -0.4 is 0 Å². The van der Waals surface area contributed by atoms with Gasteiger partial charge in [-0.15, -0.1) is 0 Å². The molecule has 248 valence electrons. The first-order valence-corrected chi connectivity index (χ1v) is 16.6. The van der Waals surface area contributed by atoms with Crippen molar-refractivity contribution < 1.29 is 38.4 Å². The number of esters is 1. The van der Waals surface area contributed by atoms with Crippen LogP contribution in [0.1, 0.15) is 105 Å². The Morgan fingerprint density at radius 2 is 1.58 bits per heavy atom. The molecule has 0 radical (unpaired) electrons. The average Bonchev–Trinajstić information content (AvgIpc) is 3.19. The fraction of sp³-hybridized carbons (Fsp3) is 0.676. The lowest BCUT2D eigenvalue weighted by molar-refractivity contribution is -0.234. The van der Waals surface area contributed by atoms with Gasteiger partial charge in [0, 0.05) is 18.6 Å². The molecule has 0 bridgehead atoms. The molecule has 4 saturated carbocycles. The van der Waals surface area contributed by atoms with Crippen molar-refractivity contribution in [1.29, 1.82) is 0 Å². The van der Waals surface area contributed by atoms with Gasteiger partial charge in [-0.2, -0.15) is 0 Å². The molecule has 0 amide bonds. The maximum atomic E-state index is 14.2. The van der Waals surface area contributed by atoms with Gasteiger partial charge in [-0.1, -0.05) is 33.3 Å². The second kappa shape index (κ2) is 11.9. The Kier molecular flexibility index (Phi) is 8.93. The third-order valence-electron chi connectivity index (χ3n) is 13.1. The molecular weight excluding hydrogens is 578 g/mol. The van der Waals surface area contributed by atoms with Crippen molar-refractivity contribution in [3.63, 3.8) is 0 Å². The average molecular weight is 629 g/mol. The summed E-state index contributed by atoms with van der Waals surface area (Å²) in [5, 5.41) is 33.5. The van der Waals surface area contributed by atoms with E-state index in [0.717, 1.165) is 30.9 Å². The van der Waals surface area contributed by atoms with E-state index in [1.807, 2.05) is 13.8 Å². The Morgan fingerprint density at radius 3 is 2.16 bits per heavy atom. The number of rotatable bonds is 6. The first kappa shape index (κ1) is 33.8. The van der Waals surface area contributed by atoms with Gasteiger partial charge in [0.1, 0.15) is 17.7 Å². The second-order valence-corrected chi connectivity index (χ2v) is 15.5. The lowest BCUT2D eigenvalue weighted by Gasteiger charge is -2.69. The van der Waals surface area contributed by atoms with Crippen molar-refractivity contribution in [2.24, 2.45) is 39.9 Å². The number of hydrogen-bond donors (Lipinski definition) is 3. The summed E-state index contributed by atoms with van der Waals surface area (Å²) in [5.41, 5.74) is 1.57. The predicted molar refractivity (Wildman–Crippen MR) is 168 cm³/mol. The molecule has 6 nitrogen and oxygen atoms in total. The number of fused-ring (bicyclic) bond motifs is 5. The molecule has 1 aromatic rings. The molecule has 0 aromatic heterocycles. The molecule has 2 unspecified atom stereocenters. The van der Waals surface area contributed by atoms with Crippen molar-refractivity contribution in [2.45, 2.75) is 118 Å². The molecule has 0 saturated heterocycles. The summed E-state index contributed by atoms with van der Waals surface area (Å²) in [6.07, 6.45) is 2.62. The highest BCUT2D eigenvalue weighted by atomic mass is 19.1. The van der Waals surface area contributed by atoms with Gasteiger partial charge in [0.25, 0.3) is 0 Å². The van der Waals surface area contributed by atoms with Gasteiger partial charge in [0.15, 0.2) is 0 Å². The van der Waals surface area contributed by atoms with Gasteiger partial charge in [0.05, 0.1) is 12.2 Å². The maximum Gasteiger partial charge on any atom is 0.331 e. The summed E-state index contributed by atoms with van der Waals surface area (Å²) in [7, 11) is 0. The highest BCUT2D eigenvalue weighted by Gasteiger charge is 2.70. The van der Waals surface area contributed by atoms with Crippen LogP contribution in [-0.2, 0) is 14.3 Å². The summed E-state index contributed by atoms with van der Waals surface area (Å²) >= 11 is 0. The van der Waals surface area contributed by atoms with Crippen LogP contribution in [0.4, 0.5) is 8.78 Å². The zero-order valence-corrected chi connectivity index (χ0v) is 27.8. The first-order chi connectivity index (χ1) is 20.9. The summed E-state index contributed by atoms with van der Waals surface area (Å²) in [4.78, 5) is 25.5. The van der Waals surface area contributed by atoms with Gasteiger partial charge in [0.2, 0.25) is 0 Å². The van der Waals surface area contributed by atoms with Crippen LogP contribution >= 0.6 is 0 Å². The number of aliphatic hydroxyl groups is 2. The quantitative estimate of drug-likeness (QED) is 0.223. The number of carboxylic acid groups (broad SMARTS) is 1. The zero-order valence-electron chi connectivity index (χ0n) is 27.8. The molecule has 5 rings (SSSR count). The SMILES string of the molecule is CC(=O)O[C@H]1C[C@@]2(C)C(C[C@@H](O)[C@H]3[C@@]4(C)CC[C@@H](O)[C@@H](C)C4CC[C@@]32C)/C1=C(\CCC(=C(C)C)c1cc(F)cc(F)c1)C(=O)O. The van der Waals surface area contributed by atoms with Crippen molar-refractivity contribution in [1.82, 2.24) is 0 Å². The van der Waals surface area contributed by atoms with E-state index in [4.69, 9.17) is 4.74 Å². The number of benzene rings is 1. The lowest BCUT2D eigenvalue weighted by atomic mass is 9.36. The molecule has 45 heavy (non-hydrogen) atoms. The van der Waals surface area contributed by atoms with Gasteiger partial charge in [-0.25, -0.2) is 13.6 Å². The van der Waals surface area contributed by atoms with Gasteiger partial charge in [-0.05, 0) is 134 Å². The van der Waals surface area contributed by atoms with Crippen LogP contribution in [0.5, 0.6) is 0 Å². The van der Waals surface area contributed by atoms with Gasteiger partial charge in [-0.3, -0.25) is 4.79 Å². The number of ether oxygens (including phenoxy) is 1. The van der Waals surface area contributed by atoms with Crippen LogP contribution in [0.25, 0.3) is 5.57 Å². The maximum absolute atomic E-state index is 14.2. The Hall–Kier alpha value is -2.58. The van der Waals surface area contributed by atoms with Crippen molar-refractivity contribution in [2.75, 3.05) is 0 Å². The molecular formula is C37H50F2O6. The first-order valence-electron chi connectivity index (χ1n) is 16.6. The number of aliphatic hydroxyl groups excluding tert-OH is 2. The topological polar surface area (TPSA) is 104 Å². The van der Waals surface area contributed by atoms with Crippen LogP contribution in [0.3, 0.4) is 0 Å². The minimum absolute atomic E-state index is 0.0503. The van der Waals surface area contributed by atoms with E-state index in [1.54, 1.807) is 0 Å². The largest absolute Gasteiger partial charge is 0.478 e. The summed E-state index contributed by atoms with van der Waals surface area (Å²) < 4.78 is 34.2. The number of aliphatic carboxylic acids is 1. The van der Waals surface area contributed by atoms with Crippen molar-refractivity contribution in [3.8, 4) is 0 Å². The minimum atomic E-state index is -1.11. The second-order valence-electron chi connectivity index (χ2n) is 15.5. The van der Waals surface area contributed by atoms with Crippen LogP contribution in [0, 0.1) is 51.6 Å². The number of carboxylic acids is 1. The standard InChI is InChI=1S/C37H50F2O6/c1-19(2)25(22-14-23(38)16-24(39)15-22)8-9-26(34(43)44)32-28-17-30(42)33-35(5)12-11-29(41)20(3)27(35)10-13-36(33,6)37(28,7)18-31(32)45-21(4)40/h14-16,20,27-31,33,41-42H,8-13,17-18H2,1-7H3,(H,43,44)/b32-26-/t20-,27?,28?,29+,30+,31-,33-,35-,36-,37-/m0/s1. The van der Waals surface area contributed by atoms with E-state index in [-0.39, 0.29) is 59.0 Å². The predicted octanol–water partition coefficient (Wildman–Crippen LogP) is 7.47. The lowest BCUT2D eigenvalue weighted by Crippen LogP contribution is -2.65. The molecule has 3 N–H and O–H groups in total. The monoisotopic (exact) mass is 628 g/mol. The molecule has 1 aromatic carbocycles. The third kappa shape index (κ3) is 5.48. The van der Waals surface area contributed by atoms with E-state index in [1.165, 1.54) is 19.1 Å². The zero-order chi connectivity index (χ0) is 33.2. The molecule has 0 spiro atoms. The number of carbonyl (C=O) groups is 2. The van der Waals surface area contributed by atoms with E-state index >= 15 is 0 Å². The number of allylic oxidation sites excluding steroid dienone is 2. The fourth-order valence-electron chi connectivity index (χ4n) is 10.9. The molecule has 0 heterocycles. The molecule has 10 atom stereocenters. The number of halogens is 2. The summed E-state index contributed by atoms with van der Waals surface area (Å²) in [5.74, 6) is -2.97. The van der Waals surface area contributed by atoms with Crippen LogP contribution in [0.2, 0.25) is 0 Å². The van der Waals surface area contributed by atoms with E-state index in [2.05, 4.69) is 27.7 Å². The van der Waals surface area contributed by atoms with Crippen molar-refractivity contribution >= 4 is 17.5 Å². The Bertz CT molecular complexity index is 1410. The van der Waals surface area contributed by atoms with Crippen LogP contribution in [0.15, 0.2) is 34.9 Å². The molecule has 8 heteroatoms. The van der Waals surface area contributed by atoms with E-state index in [0.29, 0.717) is 36.0 Å². The van der Waals surface area contributed by atoms with E-state index in [9.17, 15) is 33.7 Å². The minimum Gasteiger partial charge on any atom is -0.478 e. The highest BCUT2D eigenvalue weighted by molar-refractivity contribution is 5.89. The smallest absolute Gasteiger partial charge is 0.331 e. The Balaban J connectivity index is 1.58. The molecule has 4 fully saturated rings. The summed E-state index contributed by atoms with van der Waals surface area (Å²) in [6, 6.07) is 3.33. The normalized spacial score (nSPS) is 40.1.